The Morgan fingerprint density at radius 3 is 2.69 bits per heavy atom. The van der Waals surface area contributed by atoms with E-state index in [1.54, 1.807) is 6.07 Å². The minimum Gasteiger partial charge on any atom is -0.478 e. The molecule has 3 N–H and O–H groups in total. The average Bonchev–Trinajstić information content (AvgIpc) is 2.08. The maximum atomic E-state index is 10.6. The van der Waals surface area contributed by atoms with Gasteiger partial charge in [-0.1, -0.05) is 0 Å². The highest BCUT2D eigenvalue weighted by Crippen LogP contribution is 2.23. The predicted molar refractivity (Wildman–Crippen MR) is 50.2 cm³/mol. The molecule has 66 valence electrons. The van der Waals surface area contributed by atoms with E-state index in [1.807, 2.05) is 0 Å². The minimum absolute atomic E-state index is 0.0522. The zero-order valence-corrected chi connectivity index (χ0v) is 8.00. The number of carboxylic acids is 1. The average molecular weight is 241 g/mol. The summed E-state index contributed by atoms with van der Waals surface area (Å²) >= 11 is 3.08. The van der Waals surface area contributed by atoms with Gasteiger partial charge in [0.25, 0.3) is 0 Å². The molecule has 0 saturated heterocycles. The highest BCUT2D eigenvalue weighted by atomic mass is 79.9. The molecular formula is C8H5BrN2O2. The number of nitrogens with two attached hydrogens (primary N) is 1. The number of benzene rings is 1. The van der Waals surface area contributed by atoms with Gasteiger partial charge in [0.1, 0.15) is 6.07 Å². The van der Waals surface area contributed by atoms with Crippen molar-refractivity contribution in [2.45, 2.75) is 0 Å². The fourth-order valence-corrected chi connectivity index (χ4v) is 1.20. The Morgan fingerprint density at radius 2 is 2.23 bits per heavy atom. The smallest absolute Gasteiger partial charge is 0.337 e. The van der Waals surface area contributed by atoms with Crippen LogP contribution in [0.4, 0.5) is 5.69 Å². The number of carboxylic acid groups (broad SMARTS) is 1. The van der Waals surface area contributed by atoms with Crippen LogP contribution >= 0.6 is 15.9 Å². The molecule has 0 unspecified atom stereocenters. The van der Waals surface area contributed by atoms with Crippen molar-refractivity contribution in [2.24, 2.45) is 0 Å². The van der Waals surface area contributed by atoms with Gasteiger partial charge in [-0.25, -0.2) is 4.79 Å². The van der Waals surface area contributed by atoms with Gasteiger partial charge in [0.2, 0.25) is 0 Å². The van der Waals surface area contributed by atoms with Crippen LogP contribution < -0.4 is 5.73 Å². The standard InChI is InChI=1S/C8H5BrN2O2/c9-6-2-5(8(12)13)4(3-10)1-7(6)11/h1-2H,11H2,(H,12,13). The molecule has 1 aromatic rings. The molecule has 0 saturated carbocycles. The first-order chi connectivity index (χ1) is 6.06. The molecule has 13 heavy (non-hydrogen) atoms. The fourth-order valence-electron chi connectivity index (χ4n) is 0.859. The van der Waals surface area contributed by atoms with Gasteiger partial charge in [-0.05, 0) is 28.1 Å². The van der Waals surface area contributed by atoms with Crippen molar-refractivity contribution in [2.75, 3.05) is 5.73 Å². The molecule has 5 heteroatoms. The summed E-state index contributed by atoms with van der Waals surface area (Å²) in [6.07, 6.45) is 0. The van der Waals surface area contributed by atoms with E-state index < -0.39 is 5.97 Å². The molecule has 4 nitrogen and oxygen atoms in total. The van der Waals surface area contributed by atoms with Gasteiger partial charge in [0, 0.05) is 10.2 Å². The fraction of sp³-hybridized carbons (Fsp3) is 0. The molecule has 0 spiro atoms. The molecular weight excluding hydrogens is 236 g/mol. The van der Waals surface area contributed by atoms with Gasteiger partial charge in [-0.15, -0.1) is 0 Å². The predicted octanol–water partition coefficient (Wildman–Crippen LogP) is 1.60. The molecule has 0 aliphatic heterocycles. The Balaban J connectivity index is 3.44. The highest BCUT2D eigenvalue weighted by Gasteiger charge is 2.11. The van der Waals surface area contributed by atoms with Crippen molar-refractivity contribution in [1.82, 2.24) is 0 Å². The minimum atomic E-state index is -1.14. The molecule has 1 aromatic carbocycles. The van der Waals surface area contributed by atoms with Crippen molar-refractivity contribution in [1.29, 1.82) is 5.26 Å². The van der Waals surface area contributed by atoms with Gasteiger partial charge in [-0.3, -0.25) is 0 Å². The topological polar surface area (TPSA) is 87.1 Å². The van der Waals surface area contributed by atoms with E-state index in [0.717, 1.165) is 0 Å². The number of rotatable bonds is 1. The van der Waals surface area contributed by atoms with Gasteiger partial charge < -0.3 is 10.8 Å². The first-order valence-corrected chi connectivity index (χ1v) is 4.08. The van der Waals surface area contributed by atoms with Crippen LogP contribution in [-0.2, 0) is 0 Å². The Kier molecular flexibility index (Phi) is 2.54. The zero-order chi connectivity index (χ0) is 10.0. The first kappa shape index (κ1) is 9.55. The molecule has 0 bridgehead atoms. The van der Waals surface area contributed by atoms with E-state index in [9.17, 15) is 4.79 Å². The first-order valence-electron chi connectivity index (χ1n) is 3.28. The molecule has 0 heterocycles. The number of hydrogen-bond donors (Lipinski definition) is 2. The number of nitriles is 1. The summed E-state index contributed by atoms with van der Waals surface area (Å²) in [6.45, 7) is 0. The molecule has 0 amide bonds. The summed E-state index contributed by atoms with van der Waals surface area (Å²) in [6, 6.07) is 4.41. The number of nitrogens with zero attached hydrogens (tertiary/aromatic N) is 1. The number of hydrogen-bond acceptors (Lipinski definition) is 3. The second-order valence-corrected chi connectivity index (χ2v) is 3.19. The number of nitrogen functional groups attached to an aromatic ring is 1. The van der Waals surface area contributed by atoms with E-state index in [1.165, 1.54) is 12.1 Å². The molecule has 0 radical (unpaired) electrons. The summed E-state index contributed by atoms with van der Waals surface area (Å²) < 4.78 is 0.476. The lowest BCUT2D eigenvalue weighted by atomic mass is 10.1. The van der Waals surface area contributed by atoms with E-state index in [0.29, 0.717) is 10.2 Å². The third-order valence-electron chi connectivity index (χ3n) is 1.49. The Morgan fingerprint density at radius 1 is 1.62 bits per heavy atom. The summed E-state index contributed by atoms with van der Waals surface area (Å²) in [7, 11) is 0. The van der Waals surface area contributed by atoms with Crippen molar-refractivity contribution in [3.63, 3.8) is 0 Å². The maximum absolute atomic E-state index is 10.6. The lowest BCUT2D eigenvalue weighted by Gasteiger charge is -2.01. The molecule has 1 rings (SSSR count). The summed E-state index contributed by atoms with van der Waals surface area (Å²) in [5, 5.41) is 17.3. The van der Waals surface area contributed by atoms with Gasteiger partial charge >= 0.3 is 5.97 Å². The lowest BCUT2D eigenvalue weighted by Crippen LogP contribution is -2.01. The van der Waals surface area contributed by atoms with Crippen LogP contribution in [0.25, 0.3) is 0 Å². The quantitative estimate of drug-likeness (QED) is 0.731. The maximum Gasteiger partial charge on any atom is 0.337 e. The summed E-state index contributed by atoms with van der Waals surface area (Å²) in [5.41, 5.74) is 5.83. The number of aromatic carboxylic acids is 1. The second-order valence-electron chi connectivity index (χ2n) is 2.34. The molecule has 0 aromatic heterocycles. The molecule has 0 fully saturated rings. The highest BCUT2D eigenvalue weighted by molar-refractivity contribution is 9.10. The largest absolute Gasteiger partial charge is 0.478 e. The van der Waals surface area contributed by atoms with Crippen LogP contribution in [0.3, 0.4) is 0 Å². The zero-order valence-electron chi connectivity index (χ0n) is 6.41. The number of anilines is 1. The van der Waals surface area contributed by atoms with Gasteiger partial charge in [0.15, 0.2) is 0 Å². The van der Waals surface area contributed by atoms with Crippen LogP contribution in [0.2, 0.25) is 0 Å². The lowest BCUT2D eigenvalue weighted by molar-refractivity contribution is 0.0696. The van der Waals surface area contributed by atoms with E-state index >= 15 is 0 Å². The van der Waals surface area contributed by atoms with Crippen LogP contribution in [0.5, 0.6) is 0 Å². The summed E-state index contributed by atoms with van der Waals surface area (Å²) in [4.78, 5) is 10.6. The van der Waals surface area contributed by atoms with Crippen molar-refractivity contribution in [3.8, 4) is 6.07 Å². The molecule has 0 atom stereocenters. The summed E-state index contributed by atoms with van der Waals surface area (Å²) in [5.74, 6) is -1.14. The van der Waals surface area contributed by atoms with Crippen LogP contribution in [-0.4, -0.2) is 11.1 Å². The van der Waals surface area contributed by atoms with Crippen molar-refractivity contribution in [3.05, 3.63) is 27.7 Å². The third kappa shape index (κ3) is 1.79. The number of carbonyl (C=O) groups is 1. The van der Waals surface area contributed by atoms with Crippen LogP contribution in [0, 0.1) is 11.3 Å². The Bertz CT molecular complexity index is 409. The monoisotopic (exact) mass is 240 g/mol. The van der Waals surface area contributed by atoms with E-state index in [2.05, 4.69) is 15.9 Å². The van der Waals surface area contributed by atoms with Crippen LogP contribution in [0.15, 0.2) is 16.6 Å². The van der Waals surface area contributed by atoms with Gasteiger partial charge in [-0.2, -0.15) is 5.26 Å². The van der Waals surface area contributed by atoms with Crippen molar-refractivity contribution >= 4 is 27.6 Å². The van der Waals surface area contributed by atoms with E-state index in [-0.39, 0.29) is 11.1 Å². The van der Waals surface area contributed by atoms with Crippen molar-refractivity contribution < 1.29 is 9.90 Å². The number of halogens is 1. The SMILES string of the molecule is N#Cc1cc(N)c(Br)cc1C(=O)O. The Hall–Kier alpha value is -1.54. The third-order valence-corrected chi connectivity index (χ3v) is 2.17. The molecule has 0 aliphatic carbocycles. The molecule has 0 aliphatic rings. The Labute approximate surface area is 82.7 Å². The van der Waals surface area contributed by atoms with Gasteiger partial charge in [0.05, 0.1) is 11.1 Å². The van der Waals surface area contributed by atoms with E-state index in [4.69, 9.17) is 16.1 Å². The van der Waals surface area contributed by atoms with Crippen LogP contribution in [0.1, 0.15) is 15.9 Å². The normalized spacial score (nSPS) is 9.23. The second kappa shape index (κ2) is 3.46.